The van der Waals surface area contributed by atoms with Crippen molar-refractivity contribution in [1.29, 1.82) is 0 Å². The van der Waals surface area contributed by atoms with E-state index in [0.29, 0.717) is 38.2 Å². The van der Waals surface area contributed by atoms with Crippen LogP contribution in [0, 0.1) is 5.92 Å². The smallest absolute Gasteiger partial charge is 0.254 e. The van der Waals surface area contributed by atoms with Crippen molar-refractivity contribution in [2.45, 2.75) is 13.3 Å². The Morgan fingerprint density at radius 2 is 1.81 bits per heavy atom. The molecule has 2 amide bonds. The van der Waals surface area contributed by atoms with Gasteiger partial charge in [0.25, 0.3) is 5.91 Å². The summed E-state index contributed by atoms with van der Waals surface area (Å²) in [4.78, 5) is 38.1. The maximum atomic E-state index is 13.2. The SMILES string of the molecule is CCN1CCN(C(=O)c2ccncc2)C[C@H](Cc2cccc(-c3cccnc3)c2)C1=O. The van der Waals surface area contributed by atoms with Crippen LogP contribution in [-0.2, 0) is 11.2 Å². The van der Waals surface area contributed by atoms with Crippen LogP contribution in [0.2, 0.25) is 0 Å². The van der Waals surface area contributed by atoms with Gasteiger partial charge in [0, 0.05) is 56.5 Å². The van der Waals surface area contributed by atoms with Gasteiger partial charge in [-0.15, -0.1) is 0 Å². The Kier molecular flexibility index (Phi) is 6.36. The third kappa shape index (κ3) is 4.79. The molecule has 1 aromatic carbocycles. The number of nitrogens with zero attached hydrogens (tertiary/aromatic N) is 4. The summed E-state index contributed by atoms with van der Waals surface area (Å²) in [5.74, 6) is -0.223. The normalized spacial score (nSPS) is 16.8. The van der Waals surface area contributed by atoms with Crippen molar-refractivity contribution in [2.75, 3.05) is 26.2 Å². The van der Waals surface area contributed by atoms with Crippen molar-refractivity contribution in [3.63, 3.8) is 0 Å². The second-order valence-electron chi connectivity index (χ2n) is 7.75. The molecule has 6 nitrogen and oxygen atoms in total. The Morgan fingerprint density at radius 3 is 2.55 bits per heavy atom. The largest absolute Gasteiger partial charge is 0.341 e. The lowest BCUT2D eigenvalue weighted by Crippen LogP contribution is -2.37. The molecule has 0 radical (unpaired) electrons. The molecule has 2 aromatic heterocycles. The number of benzene rings is 1. The minimum Gasteiger partial charge on any atom is -0.341 e. The van der Waals surface area contributed by atoms with E-state index in [9.17, 15) is 9.59 Å². The molecule has 1 aliphatic heterocycles. The molecule has 0 spiro atoms. The van der Waals surface area contributed by atoms with Crippen molar-refractivity contribution >= 4 is 11.8 Å². The number of rotatable bonds is 5. The fraction of sp³-hybridized carbons (Fsp3) is 0.280. The number of carbonyl (C=O) groups excluding carboxylic acids is 2. The maximum absolute atomic E-state index is 13.2. The first kappa shape index (κ1) is 20.7. The van der Waals surface area contributed by atoms with Crippen LogP contribution < -0.4 is 0 Å². The number of hydrogen-bond donors (Lipinski definition) is 0. The molecule has 0 bridgehead atoms. The second-order valence-corrected chi connectivity index (χ2v) is 7.75. The lowest BCUT2D eigenvalue weighted by atomic mass is 9.95. The third-order valence-corrected chi connectivity index (χ3v) is 5.74. The molecular weight excluding hydrogens is 388 g/mol. The average molecular weight is 415 g/mol. The van der Waals surface area contributed by atoms with Crippen LogP contribution in [0.25, 0.3) is 11.1 Å². The summed E-state index contributed by atoms with van der Waals surface area (Å²) < 4.78 is 0. The Hall–Kier alpha value is -3.54. The number of hydrogen-bond acceptors (Lipinski definition) is 4. The molecule has 3 aromatic rings. The van der Waals surface area contributed by atoms with E-state index in [2.05, 4.69) is 16.0 Å². The number of likely N-dealkylation sites (N-methyl/N-ethyl adjacent to an activating group) is 1. The van der Waals surface area contributed by atoms with Crippen LogP contribution >= 0.6 is 0 Å². The van der Waals surface area contributed by atoms with Crippen molar-refractivity contribution in [1.82, 2.24) is 19.8 Å². The zero-order valence-corrected chi connectivity index (χ0v) is 17.6. The minimum atomic E-state index is -0.280. The van der Waals surface area contributed by atoms with Gasteiger partial charge in [-0.3, -0.25) is 19.6 Å². The number of amides is 2. The molecule has 4 rings (SSSR count). The molecule has 3 heterocycles. The van der Waals surface area contributed by atoms with Gasteiger partial charge < -0.3 is 9.80 Å². The van der Waals surface area contributed by atoms with Gasteiger partial charge in [-0.05, 0) is 48.2 Å². The van der Waals surface area contributed by atoms with Gasteiger partial charge in [-0.2, -0.15) is 0 Å². The van der Waals surface area contributed by atoms with Gasteiger partial charge in [-0.25, -0.2) is 0 Å². The van der Waals surface area contributed by atoms with E-state index in [0.717, 1.165) is 16.7 Å². The van der Waals surface area contributed by atoms with Crippen molar-refractivity contribution < 1.29 is 9.59 Å². The predicted molar refractivity (Wildman–Crippen MR) is 119 cm³/mol. The molecule has 0 N–H and O–H groups in total. The molecule has 31 heavy (non-hydrogen) atoms. The molecule has 0 saturated carbocycles. The third-order valence-electron chi connectivity index (χ3n) is 5.74. The van der Waals surface area contributed by atoms with Crippen LogP contribution in [0.1, 0.15) is 22.8 Å². The number of aromatic nitrogens is 2. The zero-order chi connectivity index (χ0) is 21.6. The summed E-state index contributed by atoms with van der Waals surface area (Å²) in [5.41, 5.74) is 3.80. The van der Waals surface area contributed by atoms with Crippen molar-refractivity contribution in [2.24, 2.45) is 5.92 Å². The van der Waals surface area contributed by atoms with E-state index in [1.807, 2.05) is 48.4 Å². The van der Waals surface area contributed by atoms with Crippen LogP contribution in [-0.4, -0.2) is 57.8 Å². The van der Waals surface area contributed by atoms with Gasteiger partial charge in [0.2, 0.25) is 5.91 Å². The lowest BCUT2D eigenvalue weighted by Gasteiger charge is -2.24. The molecule has 1 atom stereocenters. The first-order valence-electron chi connectivity index (χ1n) is 10.6. The van der Waals surface area contributed by atoms with E-state index in [1.54, 1.807) is 35.6 Å². The Morgan fingerprint density at radius 1 is 1.00 bits per heavy atom. The highest BCUT2D eigenvalue weighted by molar-refractivity contribution is 5.94. The van der Waals surface area contributed by atoms with E-state index >= 15 is 0 Å². The van der Waals surface area contributed by atoms with Crippen LogP contribution in [0.3, 0.4) is 0 Å². The number of pyridine rings is 2. The maximum Gasteiger partial charge on any atom is 0.254 e. The predicted octanol–water partition coefficient (Wildman–Crippen LogP) is 3.31. The van der Waals surface area contributed by atoms with Gasteiger partial charge in [0.1, 0.15) is 0 Å². The fourth-order valence-corrected chi connectivity index (χ4v) is 4.07. The van der Waals surface area contributed by atoms with E-state index < -0.39 is 0 Å². The van der Waals surface area contributed by atoms with Gasteiger partial charge in [0.05, 0.1) is 5.92 Å². The van der Waals surface area contributed by atoms with E-state index in [4.69, 9.17) is 0 Å². The molecule has 1 saturated heterocycles. The second kappa shape index (κ2) is 9.51. The summed E-state index contributed by atoms with van der Waals surface area (Å²) >= 11 is 0. The Bertz CT molecular complexity index is 1040. The van der Waals surface area contributed by atoms with Crippen LogP contribution in [0.4, 0.5) is 0 Å². The molecule has 6 heteroatoms. The highest BCUT2D eigenvalue weighted by Gasteiger charge is 2.32. The van der Waals surface area contributed by atoms with Crippen molar-refractivity contribution in [3.8, 4) is 11.1 Å². The summed E-state index contributed by atoms with van der Waals surface area (Å²) in [7, 11) is 0. The monoisotopic (exact) mass is 414 g/mol. The molecule has 0 aliphatic carbocycles. The van der Waals surface area contributed by atoms with Gasteiger partial charge in [-0.1, -0.05) is 30.3 Å². The first-order chi connectivity index (χ1) is 15.2. The summed E-state index contributed by atoms with van der Waals surface area (Å²) in [6, 6.07) is 15.6. The number of carbonyl (C=O) groups is 2. The average Bonchev–Trinajstić information content (AvgIpc) is 2.98. The Balaban J connectivity index is 1.57. The van der Waals surface area contributed by atoms with Gasteiger partial charge >= 0.3 is 0 Å². The van der Waals surface area contributed by atoms with Crippen molar-refractivity contribution in [3.05, 3.63) is 84.4 Å². The quantitative estimate of drug-likeness (QED) is 0.643. The fourth-order valence-electron chi connectivity index (χ4n) is 4.07. The standard InChI is InChI=1S/C25H26N4O2/c1-2-28-13-14-29(24(30)20-8-11-26-12-9-20)18-23(25(28)31)16-19-5-3-6-21(15-19)22-7-4-10-27-17-22/h3-12,15,17,23H,2,13-14,16,18H2,1H3/t23-/m0/s1. The van der Waals surface area contributed by atoms with E-state index in [-0.39, 0.29) is 17.7 Å². The van der Waals surface area contributed by atoms with Gasteiger partial charge in [0.15, 0.2) is 0 Å². The Labute approximate surface area is 182 Å². The van der Waals surface area contributed by atoms with Crippen LogP contribution in [0.15, 0.2) is 73.3 Å². The van der Waals surface area contributed by atoms with E-state index in [1.165, 1.54) is 0 Å². The highest BCUT2D eigenvalue weighted by atomic mass is 16.2. The van der Waals surface area contributed by atoms with Crippen LogP contribution in [0.5, 0.6) is 0 Å². The highest BCUT2D eigenvalue weighted by Crippen LogP contribution is 2.23. The lowest BCUT2D eigenvalue weighted by molar-refractivity contribution is -0.134. The molecule has 1 aliphatic rings. The minimum absolute atomic E-state index is 0.0535. The zero-order valence-electron chi connectivity index (χ0n) is 17.6. The summed E-state index contributed by atoms with van der Waals surface area (Å²) in [6.07, 6.45) is 7.42. The first-order valence-corrected chi connectivity index (χ1v) is 10.6. The molecule has 1 fully saturated rings. The molecule has 0 unspecified atom stereocenters. The molecular formula is C25H26N4O2. The summed E-state index contributed by atoms with van der Waals surface area (Å²) in [5, 5.41) is 0. The molecule has 158 valence electrons. The summed E-state index contributed by atoms with van der Waals surface area (Å²) in [6.45, 7) is 4.12. The topological polar surface area (TPSA) is 66.4 Å².